The van der Waals surface area contributed by atoms with Crippen molar-refractivity contribution in [3.05, 3.63) is 54.0 Å². The van der Waals surface area contributed by atoms with E-state index < -0.39 is 0 Å². The molecule has 1 atom stereocenters. The van der Waals surface area contributed by atoms with Gasteiger partial charge in [-0.05, 0) is 61.7 Å². The summed E-state index contributed by atoms with van der Waals surface area (Å²) in [5.41, 5.74) is 9.21. The molecule has 4 nitrogen and oxygen atoms in total. The van der Waals surface area contributed by atoms with Crippen molar-refractivity contribution >= 4 is 22.3 Å². The summed E-state index contributed by atoms with van der Waals surface area (Å²) in [6, 6.07) is 11.0. The van der Waals surface area contributed by atoms with Crippen LogP contribution in [-0.4, -0.2) is 17.7 Å². The second-order valence-corrected chi connectivity index (χ2v) is 6.58. The number of anilines is 2. The quantitative estimate of drug-likeness (QED) is 0.675. The summed E-state index contributed by atoms with van der Waals surface area (Å²) in [6.45, 7) is 2.93. The molecule has 1 fully saturated rings. The van der Waals surface area contributed by atoms with Crippen LogP contribution in [0.25, 0.3) is 21.9 Å². The van der Waals surface area contributed by atoms with Gasteiger partial charge in [0.2, 0.25) is 0 Å². The van der Waals surface area contributed by atoms with Crippen LogP contribution >= 0.6 is 0 Å². The Bertz CT molecular complexity index is 912. The number of hydrogen-bond donors (Lipinski definition) is 3. The molecule has 0 saturated carbocycles. The number of nitrogen functional groups attached to an aromatic ring is 1. The lowest BCUT2D eigenvalue weighted by Gasteiger charge is -2.18. The Morgan fingerprint density at radius 1 is 1.28 bits per heavy atom. The highest BCUT2D eigenvalue weighted by atomic mass is 19.1. The number of fused-ring (bicyclic) bond motifs is 1. The minimum atomic E-state index is -0.215. The first kappa shape index (κ1) is 15.8. The highest BCUT2D eigenvalue weighted by Crippen LogP contribution is 2.34. The average molecular weight is 336 g/mol. The molecule has 0 radical (unpaired) electrons. The largest absolute Gasteiger partial charge is 0.384 e. The van der Waals surface area contributed by atoms with E-state index in [-0.39, 0.29) is 12.0 Å². The molecule has 3 aromatic rings. The van der Waals surface area contributed by atoms with Crippen LogP contribution in [0.5, 0.6) is 0 Å². The third kappa shape index (κ3) is 3.03. The summed E-state index contributed by atoms with van der Waals surface area (Å²) in [7, 11) is 0. The van der Waals surface area contributed by atoms with Crippen LogP contribution in [0.3, 0.4) is 0 Å². The Morgan fingerprint density at radius 2 is 2.16 bits per heavy atom. The maximum absolute atomic E-state index is 14.5. The standard InChI is InChI=1S/C20H21FN4/c1-12-4-2-5-16(21)20(12)13-8-14-11-24-18(22)10-15(14)17(9-13)25-19-6-3-7-23-19/h2,4-5,8-11,19,23,25H,3,6-7H2,1H3,(H2,22,24). The van der Waals surface area contributed by atoms with Crippen molar-refractivity contribution in [2.75, 3.05) is 17.6 Å². The first-order valence-electron chi connectivity index (χ1n) is 8.56. The molecule has 0 amide bonds. The maximum atomic E-state index is 14.5. The second kappa shape index (κ2) is 6.33. The van der Waals surface area contributed by atoms with Gasteiger partial charge in [-0.1, -0.05) is 12.1 Å². The fourth-order valence-electron chi connectivity index (χ4n) is 3.53. The van der Waals surface area contributed by atoms with Crippen molar-refractivity contribution in [2.45, 2.75) is 25.9 Å². The summed E-state index contributed by atoms with van der Waals surface area (Å²) in [6.07, 6.45) is 4.17. The number of pyridine rings is 1. The summed E-state index contributed by atoms with van der Waals surface area (Å²) in [4.78, 5) is 4.20. The lowest BCUT2D eigenvalue weighted by molar-refractivity contribution is 0.630. The van der Waals surface area contributed by atoms with E-state index >= 15 is 0 Å². The van der Waals surface area contributed by atoms with Gasteiger partial charge in [0.05, 0.1) is 6.17 Å². The molecule has 0 spiro atoms. The van der Waals surface area contributed by atoms with Crippen LogP contribution in [0.4, 0.5) is 15.9 Å². The van der Waals surface area contributed by atoms with Crippen LogP contribution in [0.15, 0.2) is 42.6 Å². The molecule has 1 saturated heterocycles. The monoisotopic (exact) mass is 336 g/mol. The van der Waals surface area contributed by atoms with Crippen molar-refractivity contribution in [3.63, 3.8) is 0 Å². The second-order valence-electron chi connectivity index (χ2n) is 6.58. The third-order valence-corrected chi connectivity index (χ3v) is 4.76. The molecule has 1 aliphatic heterocycles. The van der Waals surface area contributed by atoms with Crippen molar-refractivity contribution in [1.82, 2.24) is 10.3 Å². The third-order valence-electron chi connectivity index (χ3n) is 4.76. The van der Waals surface area contributed by atoms with E-state index in [1.165, 1.54) is 6.07 Å². The molecule has 2 aromatic carbocycles. The van der Waals surface area contributed by atoms with Gasteiger partial charge in [-0.25, -0.2) is 9.37 Å². The fourth-order valence-corrected chi connectivity index (χ4v) is 3.53. The zero-order valence-electron chi connectivity index (χ0n) is 14.1. The lowest BCUT2D eigenvalue weighted by atomic mass is 9.96. The number of halogens is 1. The molecule has 4 rings (SSSR count). The Balaban J connectivity index is 1.89. The Morgan fingerprint density at radius 3 is 2.92 bits per heavy atom. The summed E-state index contributed by atoms with van der Waals surface area (Å²) < 4.78 is 14.5. The number of nitrogens with one attached hydrogen (secondary N) is 2. The number of aryl methyl sites for hydroxylation is 1. The fraction of sp³-hybridized carbons (Fsp3) is 0.250. The molecule has 128 valence electrons. The first-order chi connectivity index (χ1) is 12.1. The van der Waals surface area contributed by atoms with Crippen LogP contribution < -0.4 is 16.4 Å². The summed E-state index contributed by atoms with van der Waals surface area (Å²) >= 11 is 0. The van der Waals surface area contributed by atoms with Crippen molar-refractivity contribution in [1.29, 1.82) is 0 Å². The molecule has 0 aliphatic carbocycles. The van der Waals surface area contributed by atoms with Gasteiger partial charge in [0, 0.05) is 28.2 Å². The topological polar surface area (TPSA) is 63.0 Å². The van der Waals surface area contributed by atoms with Crippen molar-refractivity contribution < 1.29 is 4.39 Å². The van der Waals surface area contributed by atoms with Gasteiger partial charge >= 0.3 is 0 Å². The van der Waals surface area contributed by atoms with E-state index in [0.29, 0.717) is 11.4 Å². The van der Waals surface area contributed by atoms with Crippen molar-refractivity contribution in [2.24, 2.45) is 0 Å². The molecule has 5 heteroatoms. The normalized spacial score (nSPS) is 17.1. The SMILES string of the molecule is Cc1cccc(F)c1-c1cc(NC2CCCN2)c2cc(N)ncc2c1. The Hall–Kier alpha value is -2.66. The van der Waals surface area contributed by atoms with E-state index in [2.05, 4.69) is 15.6 Å². The zero-order chi connectivity index (χ0) is 17.4. The van der Waals surface area contributed by atoms with Gasteiger partial charge in [-0.3, -0.25) is 5.32 Å². The van der Waals surface area contributed by atoms with Crippen LogP contribution in [-0.2, 0) is 0 Å². The number of benzene rings is 2. The number of hydrogen-bond acceptors (Lipinski definition) is 4. The molecule has 1 aliphatic rings. The molecule has 0 bridgehead atoms. The average Bonchev–Trinajstić information content (AvgIpc) is 3.08. The number of rotatable bonds is 3. The van der Waals surface area contributed by atoms with E-state index in [1.807, 2.05) is 31.2 Å². The van der Waals surface area contributed by atoms with Crippen molar-refractivity contribution in [3.8, 4) is 11.1 Å². The highest BCUT2D eigenvalue weighted by Gasteiger charge is 2.17. The predicted octanol–water partition coefficient (Wildman–Crippen LogP) is 4.05. The van der Waals surface area contributed by atoms with Gasteiger partial charge in [-0.15, -0.1) is 0 Å². The number of aromatic nitrogens is 1. The van der Waals surface area contributed by atoms with E-state index in [1.54, 1.807) is 12.3 Å². The maximum Gasteiger partial charge on any atom is 0.131 e. The van der Waals surface area contributed by atoms with Crippen LogP contribution in [0.2, 0.25) is 0 Å². The molecule has 25 heavy (non-hydrogen) atoms. The highest BCUT2D eigenvalue weighted by molar-refractivity contribution is 5.98. The van der Waals surface area contributed by atoms with Crippen LogP contribution in [0.1, 0.15) is 18.4 Å². The van der Waals surface area contributed by atoms with E-state index in [4.69, 9.17) is 5.73 Å². The smallest absolute Gasteiger partial charge is 0.131 e. The molecule has 4 N–H and O–H groups in total. The van der Waals surface area contributed by atoms with Crippen LogP contribution in [0, 0.1) is 12.7 Å². The molecular formula is C20H21FN4. The van der Waals surface area contributed by atoms with E-state index in [0.717, 1.165) is 47.0 Å². The number of nitrogens with two attached hydrogens (primary N) is 1. The Kier molecular flexibility index (Phi) is 4.01. The van der Waals surface area contributed by atoms with Gasteiger partial charge in [0.25, 0.3) is 0 Å². The molecule has 1 unspecified atom stereocenters. The predicted molar refractivity (Wildman–Crippen MR) is 101 cm³/mol. The summed E-state index contributed by atoms with van der Waals surface area (Å²) in [5.74, 6) is 0.262. The van der Waals surface area contributed by atoms with Gasteiger partial charge < -0.3 is 11.1 Å². The zero-order valence-corrected chi connectivity index (χ0v) is 14.1. The number of nitrogens with zero attached hydrogens (tertiary/aromatic N) is 1. The first-order valence-corrected chi connectivity index (χ1v) is 8.56. The Labute approximate surface area is 146 Å². The molecule has 2 heterocycles. The molecule has 1 aromatic heterocycles. The minimum Gasteiger partial charge on any atom is -0.384 e. The van der Waals surface area contributed by atoms with Gasteiger partial charge in [-0.2, -0.15) is 0 Å². The van der Waals surface area contributed by atoms with E-state index in [9.17, 15) is 4.39 Å². The summed E-state index contributed by atoms with van der Waals surface area (Å²) in [5, 5.41) is 8.92. The van der Waals surface area contributed by atoms with Gasteiger partial charge in [0.1, 0.15) is 11.6 Å². The van der Waals surface area contributed by atoms with Gasteiger partial charge in [0.15, 0.2) is 0 Å². The minimum absolute atomic E-state index is 0.215. The lowest BCUT2D eigenvalue weighted by Crippen LogP contribution is -2.29. The molecular weight excluding hydrogens is 315 g/mol.